The van der Waals surface area contributed by atoms with Gasteiger partial charge >= 0.3 is 0 Å². The molecular weight excluding hydrogens is 316 g/mol. The molecule has 1 saturated heterocycles. The van der Waals surface area contributed by atoms with Crippen LogP contribution >= 0.6 is 0 Å². The molecule has 3 N–H and O–H groups in total. The van der Waals surface area contributed by atoms with Crippen molar-refractivity contribution in [3.8, 4) is 0 Å². The molecule has 150 valence electrons. The predicted molar refractivity (Wildman–Crippen MR) is 102 cm³/mol. The first kappa shape index (κ1) is 22.9. The molecule has 1 fully saturated rings. The Morgan fingerprint density at radius 3 is 1.60 bits per heavy atom. The van der Waals surface area contributed by atoms with Gasteiger partial charge in [0.05, 0.1) is 12.2 Å². The van der Waals surface area contributed by atoms with Crippen molar-refractivity contribution >= 4 is 0 Å². The highest BCUT2D eigenvalue weighted by Crippen LogP contribution is 2.24. The van der Waals surface area contributed by atoms with Gasteiger partial charge in [-0.2, -0.15) is 0 Å². The lowest BCUT2D eigenvalue weighted by Crippen LogP contribution is -2.34. The third kappa shape index (κ3) is 11.2. The summed E-state index contributed by atoms with van der Waals surface area (Å²) in [5.74, 6) is 0. The van der Waals surface area contributed by atoms with E-state index in [2.05, 4.69) is 6.92 Å². The van der Waals surface area contributed by atoms with E-state index in [-0.39, 0.29) is 6.42 Å². The molecule has 0 aromatic carbocycles. The largest absolute Gasteiger partial charge is 0.390 e. The minimum absolute atomic E-state index is 0.209. The lowest BCUT2D eigenvalue weighted by molar-refractivity contribution is -0.131. The minimum Gasteiger partial charge on any atom is -0.390 e. The summed E-state index contributed by atoms with van der Waals surface area (Å²) in [6.07, 6.45) is 16.4. The zero-order chi connectivity index (χ0) is 18.3. The molecule has 4 atom stereocenters. The minimum atomic E-state index is -0.925. The monoisotopic (exact) mass is 358 g/mol. The Labute approximate surface area is 155 Å². The molecule has 0 aromatic heterocycles. The smallest absolute Gasteiger partial charge is 0.157 e. The molecular formula is C21H42O4. The van der Waals surface area contributed by atoms with Gasteiger partial charge in [0.15, 0.2) is 6.29 Å². The van der Waals surface area contributed by atoms with Crippen molar-refractivity contribution in [3.05, 3.63) is 0 Å². The van der Waals surface area contributed by atoms with E-state index in [9.17, 15) is 15.3 Å². The fourth-order valence-corrected chi connectivity index (χ4v) is 3.73. The van der Waals surface area contributed by atoms with E-state index in [1.165, 1.54) is 77.0 Å². The molecule has 25 heavy (non-hydrogen) atoms. The van der Waals surface area contributed by atoms with E-state index in [0.717, 1.165) is 12.8 Å². The van der Waals surface area contributed by atoms with Crippen LogP contribution in [0.25, 0.3) is 0 Å². The molecule has 4 heteroatoms. The van der Waals surface area contributed by atoms with Crippen LogP contribution in [0.1, 0.15) is 110 Å². The summed E-state index contributed by atoms with van der Waals surface area (Å²) in [7, 11) is 0. The third-order valence-corrected chi connectivity index (χ3v) is 5.37. The highest BCUT2D eigenvalue weighted by molar-refractivity contribution is 4.83. The average Bonchev–Trinajstić information content (AvgIpc) is 2.93. The van der Waals surface area contributed by atoms with Gasteiger partial charge in [0.25, 0.3) is 0 Å². The van der Waals surface area contributed by atoms with Gasteiger partial charge in [-0.1, -0.05) is 96.8 Å². The first-order valence-electron chi connectivity index (χ1n) is 10.8. The molecule has 0 aliphatic carbocycles. The summed E-state index contributed by atoms with van der Waals surface area (Å²) in [5, 5.41) is 29.1. The zero-order valence-corrected chi connectivity index (χ0v) is 16.4. The average molecular weight is 359 g/mol. The third-order valence-electron chi connectivity index (χ3n) is 5.37. The standard InChI is InChI=1S/C21H42O4/c1-2-3-4-5-6-7-8-9-10-11-12-13-14-15-16-18(22)21-19(23)17-20(24)25-21/h18-24H,2-17H2,1H3/t18?,19-,20-,21+/m0/s1. The number of hydrogen-bond donors (Lipinski definition) is 3. The summed E-state index contributed by atoms with van der Waals surface area (Å²) >= 11 is 0. The lowest BCUT2D eigenvalue weighted by atomic mass is 10.0. The van der Waals surface area contributed by atoms with Crippen LogP contribution in [0.2, 0.25) is 0 Å². The van der Waals surface area contributed by atoms with Crippen LogP contribution in [-0.2, 0) is 4.74 Å². The number of unbranched alkanes of at least 4 members (excludes halogenated alkanes) is 13. The highest BCUT2D eigenvalue weighted by atomic mass is 16.6. The summed E-state index contributed by atoms with van der Waals surface area (Å²) in [6.45, 7) is 2.27. The van der Waals surface area contributed by atoms with E-state index in [0.29, 0.717) is 6.42 Å². The van der Waals surface area contributed by atoms with Crippen molar-refractivity contribution in [2.75, 3.05) is 0 Å². The van der Waals surface area contributed by atoms with Crippen LogP contribution in [0.15, 0.2) is 0 Å². The van der Waals surface area contributed by atoms with Crippen LogP contribution in [0.4, 0.5) is 0 Å². The van der Waals surface area contributed by atoms with Crippen LogP contribution in [0.5, 0.6) is 0 Å². The fourth-order valence-electron chi connectivity index (χ4n) is 3.73. The molecule has 4 nitrogen and oxygen atoms in total. The molecule has 0 spiro atoms. The maximum Gasteiger partial charge on any atom is 0.157 e. The second-order valence-electron chi connectivity index (χ2n) is 7.81. The van der Waals surface area contributed by atoms with Crippen molar-refractivity contribution in [1.29, 1.82) is 0 Å². The maximum absolute atomic E-state index is 10.0. The summed E-state index contributed by atoms with van der Waals surface area (Å²) < 4.78 is 5.16. The Hall–Kier alpha value is -0.160. The second-order valence-corrected chi connectivity index (χ2v) is 7.81. The number of aliphatic hydroxyl groups is 3. The highest BCUT2D eigenvalue weighted by Gasteiger charge is 2.37. The Morgan fingerprint density at radius 2 is 1.20 bits per heavy atom. The van der Waals surface area contributed by atoms with Crippen molar-refractivity contribution in [2.24, 2.45) is 0 Å². The first-order valence-corrected chi connectivity index (χ1v) is 10.8. The number of ether oxygens (including phenoxy) is 1. The normalized spacial score (nSPS) is 24.7. The van der Waals surface area contributed by atoms with Crippen molar-refractivity contribution in [2.45, 2.75) is 134 Å². The molecule has 1 rings (SSSR count). The van der Waals surface area contributed by atoms with Gasteiger partial charge in [-0.25, -0.2) is 0 Å². The van der Waals surface area contributed by atoms with E-state index in [1.54, 1.807) is 0 Å². The number of hydrogen-bond acceptors (Lipinski definition) is 4. The predicted octanol–water partition coefficient (Wildman–Crippen LogP) is 4.69. The molecule has 1 aliphatic heterocycles. The van der Waals surface area contributed by atoms with Gasteiger partial charge in [-0.05, 0) is 6.42 Å². The van der Waals surface area contributed by atoms with Crippen LogP contribution in [0, 0.1) is 0 Å². The Bertz CT molecular complexity index is 298. The molecule has 1 heterocycles. The van der Waals surface area contributed by atoms with E-state index >= 15 is 0 Å². The lowest BCUT2D eigenvalue weighted by Gasteiger charge is -2.20. The zero-order valence-electron chi connectivity index (χ0n) is 16.4. The van der Waals surface area contributed by atoms with Gasteiger partial charge in [0.2, 0.25) is 0 Å². The van der Waals surface area contributed by atoms with E-state index in [1.807, 2.05) is 0 Å². The van der Waals surface area contributed by atoms with Gasteiger partial charge in [0, 0.05) is 6.42 Å². The quantitative estimate of drug-likeness (QED) is 0.350. The van der Waals surface area contributed by atoms with Gasteiger partial charge < -0.3 is 20.1 Å². The van der Waals surface area contributed by atoms with Crippen LogP contribution in [-0.4, -0.2) is 39.9 Å². The van der Waals surface area contributed by atoms with Gasteiger partial charge in [-0.3, -0.25) is 0 Å². The van der Waals surface area contributed by atoms with Gasteiger partial charge in [0.1, 0.15) is 6.10 Å². The summed E-state index contributed by atoms with van der Waals surface area (Å²) in [5.41, 5.74) is 0. The molecule has 0 amide bonds. The Kier molecular flexibility index (Phi) is 13.7. The molecule has 0 radical (unpaired) electrons. The molecule has 1 unspecified atom stereocenters. The van der Waals surface area contributed by atoms with E-state index in [4.69, 9.17) is 4.74 Å². The second kappa shape index (κ2) is 15.0. The summed E-state index contributed by atoms with van der Waals surface area (Å²) in [6, 6.07) is 0. The van der Waals surface area contributed by atoms with Crippen molar-refractivity contribution in [1.82, 2.24) is 0 Å². The van der Waals surface area contributed by atoms with E-state index < -0.39 is 24.6 Å². The molecule has 1 aliphatic rings. The number of rotatable bonds is 16. The molecule has 0 saturated carbocycles. The van der Waals surface area contributed by atoms with Crippen molar-refractivity contribution < 1.29 is 20.1 Å². The summed E-state index contributed by atoms with van der Waals surface area (Å²) in [4.78, 5) is 0. The maximum atomic E-state index is 10.0. The Balaban J connectivity index is 1.80. The number of aliphatic hydroxyl groups excluding tert-OH is 3. The van der Waals surface area contributed by atoms with Crippen molar-refractivity contribution in [3.63, 3.8) is 0 Å². The Morgan fingerprint density at radius 1 is 0.760 bits per heavy atom. The molecule has 0 bridgehead atoms. The van der Waals surface area contributed by atoms with Gasteiger partial charge in [-0.15, -0.1) is 0 Å². The van der Waals surface area contributed by atoms with Crippen LogP contribution in [0.3, 0.4) is 0 Å². The fraction of sp³-hybridized carbons (Fsp3) is 1.00. The SMILES string of the molecule is CCCCCCCCCCCCCCCCC(O)[C@H]1O[C@H](O)C[C@@H]1O. The molecule has 0 aromatic rings. The van der Waals surface area contributed by atoms with Crippen LogP contribution < -0.4 is 0 Å². The topological polar surface area (TPSA) is 69.9 Å². The first-order chi connectivity index (χ1) is 12.1.